The highest BCUT2D eigenvalue weighted by molar-refractivity contribution is 9.10. The van der Waals surface area contributed by atoms with Crippen LogP contribution in [0, 0.1) is 20.8 Å². The zero-order valence-electron chi connectivity index (χ0n) is 11.5. The van der Waals surface area contributed by atoms with E-state index in [1.54, 1.807) is 0 Å². The van der Waals surface area contributed by atoms with Crippen molar-refractivity contribution in [3.63, 3.8) is 0 Å². The predicted molar refractivity (Wildman–Crippen MR) is 90.2 cm³/mol. The fraction of sp³-hybridized carbons (Fsp3) is 0.294. The maximum absolute atomic E-state index is 3.83. The van der Waals surface area contributed by atoms with Gasteiger partial charge in [0.05, 0.1) is 0 Å². The molecule has 0 spiro atoms. The molecule has 2 rings (SSSR count). The molecule has 2 heteroatoms. The molecule has 0 aliphatic rings. The van der Waals surface area contributed by atoms with Crippen molar-refractivity contribution in [2.24, 2.45) is 0 Å². The van der Waals surface area contributed by atoms with Crippen molar-refractivity contribution in [1.29, 1.82) is 0 Å². The van der Waals surface area contributed by atoms with Crippen molar-refractivity contribution in [1.82, 2.24) is 0 Å². The standard InChI is InChI=1S/C17H18Br2/c1-11-7-8-14(9-12(11)2)10-17(19)15-5-4-6-16(18)13(15)3/h4-9,17H,10H2,1-3H3. The van der Waals surface area contributed by atoms with Gasteiger partial charge in [-0.15, -0.1) is 0 Å². The summed E-state index contributed by atoms with van der Waals surface area (Å²) >= 11 is 7.43. The van der Waals surface area contributed by atoms with Gasteiger partial charge in [0.15, 0.2) is 0 Å². The molecule has 2 aromatic rings. The number of hydrogen-bond acceptors (Lipinski definition) is 0. The molecule has 0 nitrogen and oxygen atoms in total. The van der Waals surface area contributed by atoms with Gasteiger partial charge in [-0.3, -0.25) is 0 Å². The molecule has 100 valence electrons. The van der Waals surface area contributed by atoms with Gasteiger partial charge in [0.25, 0.3) is 0 Å². The minimum absolute atomic E-state index is 0.354. The Balaban J connectivity index is 2.23. The first kappa shape index (κ1) is 14.8. The van der Waals surface area contributed by atoms with Crippen molar-refractivity contribution < 1.29 is 0 Å². The molecule has 1 atom stereocenters. The number of benzene rings is 2. The van der Waals surface area contributed by atoms with Gasteiger partial charge in [0.1, 0.15) is 0 Å². The van der Waals surface area contributed by atoms with Crippen LogP contribution in [0.15, 0.2) is 40.9 Å². The fourth-order valence-electron chi connectivity index (χ4n) is 2.21. The first-order chi connectivity index (χ1) is 8.99. The third-order valence-corrected chi connectivity index (χ3v) is 5.31. The molecule has 0 amide bonds. The lowest BCUT2D eigenvalue weighted by Gasteiger charge is -2.15. The number of alkyl halides is 1. The molecule has 0 heterocycles. The molecule has 0 saturated carbocycles. The summed E-state index contributed by atoms with van der Waals surface area (Å²) in [6.07, 6.45) is 1.01. The third kappa shape index (κ3) is 3.49. The second-order valence-electron chi connectivity index (χ2n) is 5.04. The summed E-state index contributed by atoms with van der Waals surface area (Å²) in [7, 11) is 0. The Labute approximate surface area is 132 Å². The zero-order chi connectivity index (χ0) is 14.0. The maximum atomic E-state index is 3.83. The second kappa shape index (κ2) is 6.23. The van der Waals surface area contributed by atoms with Crippen LogP contribution in [0.1, 0.15) is 32.6 Å². The van der Waals surface area contributed by atoms with E-state index in [1.807, 2.05) is 0 Å². The molecular formula is C17H18Br2. The number of hydrogen-bond donors (Lipinski definition) is 0. The van der Waals surface area contributed by atoms with Crippen LogP contribution in [0.4, 0.5) is 0 Å². The third-order valence-electron chi connectivity index (χ3n) is 3.63. The quantitative estimate of drug-likeness (QED) is 0.567. The van der Waals surface area contributed by atoms with Crippen molar-refractivity contribution >= 4 is 31.9 Å². The molecule has 1 unspecified atom stereocenters. The first-order valence-electron chi connectivity index (χ1n) is 6.44. The lowest BCUT2D eigenvalue weighted by atomic mass is 9.98. The SMILES string of the molecule is Cc1ccc(CC(Br)c2cccc(Br)c2C)cc1C. The van der Waals surface area contributed by atoms with Gasteiger partial charge in [-0.1, -0.05) is 62.2 Å². The van der Waals surface area contributed by atoms with E-state index in [4.69, 9.17) is 0 Å². The molecule has 19 heavy (non-hydrogen) atoms. The van der Waals surface area contributed by atoms with Crippen molar-refractivity contribution in [3.05, 3.63) is 68.7 Å². The fourth-order valence-corrected chi connectivity index (χ4v) is 3.46. The van der Waals surface area contributed by atoms with E-state index in [2.05, 4.69) is 89.0 Å². The van der Waals surface area contributed by atoms with Crippen LogP contribution in [-0.4, -0.2) is 0 Å². The smallest absolute Gasteiger partial charge is 0.0438 e. The average Bonchev–Trinajstić information content (AvgIpc) is 2.37. The van der Waals surface area contributed by atoms with Gasteiger partial charge >= 0.3 is 0 Å². The van der Waals surface area contributed by atoms with Gasteiger partial charge in [0, 0.05) is 9.30 Å². The van der Waals surface area contributed by atoms with E-state index in [-0.39, 0.29) is 0 Å². The number of rotatable bonds is 3. The van der Waals surface area contributed by atoms with Crippen LogP contribution in [0.25, 0.3) is 0 Å². The largest absolute Gasteiger partial charge is 0.0835 e. The van der Waals surface area contributed by atoms with E-state index in [0.29, 0.717) is 4.83 Å². The highest BCUT2D eigenvalue weighted by Gasteiger charge is 2.12. The summed E-state index contributed by atoms with van der Waals surface area (Å²) < 4.78 is 1.18. The Hall–Kier alpha value is -0.600. The van der Waals surface area contributed by atoms with Gasteiger partial charge in [-0.05, 0) is 61.1 Å². The van der Waals surface area contributed by atoms with Crippen LogP contribution in [0.2, 0.25) is 0 Å². The summed E-state index contributed by atoms with van der Waals surface area (Å²) in [5.74, 6) is 0. The Morgan fingerprint density at radius 1 is 1.00 bits per heavy atom. The summed E-state index contributed by atoms with van der Waals surface area (Å²) in [6, 6.07) is 13.1. The summed E-state index contributed by atoms with van der Waals surface area (Å²) in [5, 5.41) is 0. The Morgan fingerprint density at radius 2 is 1.74 bits per heavy atom. The number of aryl methyl sites for hydroxylation is 2. The molecule has 0 saturated heterocycles. The van der Waals surface area contributed by atoms with Gasteiger partial charge in [0.2, 0.25) is 0 Å². The Morgan fingerprint density at radius 3 is 2.42 bits per heavy atom. The molecule has 2 aromatic carbocycles. The van der Waals surface area contributed by atoms with E-state index in [1.165, 1.54) is 32.3 Å². The van der Waals surface area contributed by atoms with E-state index < -0.39 is 0 Å². The van der Waals surface area contributed by atoms with Crippen LogP contribution in [0.5, 0.6) is 0 Å². The average molecular weight is 382 g/mol. The molecule has 0 radical (unpaired) electrons. The minimum Gasteiger partial charge on any atom is -0.0835 e. The van der Waals surface area contributed by atoms with Crippen LogP contribution < -0.4 is 0 Å². The van der Waals surface area contributed by atoms with Gasteiger partial charge in [-0.25, -0.2) is 0 Å². The number of halogens is 2. The summed E-state index contributed by atoms with van der Waals surface area (Å²) in [5.41, 5.74) is 6.77. The monoisotopic (exact) mass is 380 g/mol. The first-order valence-corrected chi connectivity index (χ1v) is 8.15. The van der Waals surface area contributed by atoms with Gasteiger partial charge in [-0.2, -0.15) is 0 Å². The highest BCUT2D eigenvalue weighted by Crippen LogP contribution is 2.32. The molecule has 0 aliphatic heterocycles. The Bertz CT molecular complexity index is 588. The van der Waals surface area contributed by atoms with E-state index in [0.717, 1.165) is 6.42 Å². The van der Waals surface area contributed by atoms with Crippen molar-refractivity contribution in [2.75, 3.05) is 0 Å². The van der Waals surface area contributed by atoms with Crippen molar-refractivity contribution in [3.8, 4) is 0 Å². The minimum atomic E-state index is 0.354. The lowest BCUT2D eigenvalue weighted by molar-refractivity contribution is 0.933. The molecule has 0 fully saturated rings. The summed E-state index contributed by atoms with van der Waals surface area (Å²) in [4.78, 5) is 0.354. The Kier molecular flexibility index (Phi) is 4.86. The molecule has 0 N–H and O–H groups in total. The molecule has 0 bridgehead atoms. The predicted octanol–water partition coefficient (Wildman–Crippen LogP) is 6.05. The van der Waals surface area contributed by atoms with E-state index >= 15 is 0 Å². The second-order valence-corrected chi connectivity index (χ2v) is 7.00. The normalized spacial score (nSPS) is 12.5. The lowest BCUT2D eigenvalue weighted by Crippen LogP contribution is -1.99. The van der Waals surface area contributed by atoms with Crippen LogP contribution in [-0.2, 0) is 6.42 Å². The highest BCUT2D eigenvalue weighted by atomic mass is 79.9. The van der Waals surface area contributed by atoms with Gasteiger partial charge < -0.3 is 0 Å². The van der Waals surface area contributed by atoms with Crippen LogP contribution >= 0.6 is 31.9 Å². The zero-order valence-corrected chi connectivity index (χ0v) is 14.7. The maximum Gasteiger partial charge on any atom is 0.0438 e. The molecular weight excluding hydrogens is 364 g/mol. The summed E-state index contributed by atoms with van der Waals surface area (Å²) in [6.45, 7) is 6.49. The topological polar surface area (TPSA) is 0 Å². The van der Waals surface area contributed by atoms with Crippen LogP contribution in [0.3, 0.4) is 0 Å². The van der Waals surface area contributed by atoms with Crippen molar-refractivity contribution in [2.45, 2.75) is 32.0 Å². The van der Waals surface area contributed by atoms with E-state index in [9.17, 15) is 0 Å². The molecule has 0 aromatic heterocycles. The molecule has 0 aliphatic carbocycles.